The minimum atomic E-state index is -0.501. The lowest BCUT2D eigenvalue weighted by Gasteiger charge is -2.19. The molecule has 0 unspecified atom stereocenters. The second-order valence-electron chi connectivity index (χ2n) is 5.71. The number of hydrogen-bond donors (Lipinski definition) is 0. The van der Waals surface area contributed by atoms with Gasteiger partial charge in [-0.15, -0.1) is 11.8 Å². The predicted molar refractivity (Wildman–Crippen MR) is 87.7 cm³/mol. The first-order valence-electron chi connectivity index (χ1n) is 6.82. The summed E-state index contributed by atoms with van der Waals surface area (Å²) in [5, 5.41) is 0.714. The van der Waals surface area contributed by atoms with Gasteiger partial charge in [-0.25, -0.2) is 0 Å². The van der Waals surface area contributed by atoms with Crippen LogP contribution in [0.2, 0.25) is 5.02 Å². The Labute approximate surface area is 135 Å². The van der Waals surface area contributed by atoms with Crippen molar-refractivity contribution in [3.05, 3.63) is 34.9 Å². The highest BCUT2D eigenvalue weighted by molar-refractivity contribution is 7.99. The summed E-state index contributed by atoms with van der Waals surface area (Å²) in [5.74, 6) is 0.802. The zero-order valence-corrected chi connectivity index (χ0v) is 14.2. The van der Waals surface area contributed by atoms with E-state index in [1.807, 2.05) is 45.0 Å². The molecular formula is C16H21ClO3S. The third-order valence-corrected chi connectivity index (χ3v) is 3.92. The zero-order chi connectivity index (χ0) is 15.9. The molecule has 0 amide bonds. The van der Waals surface area contributed by atoms with Crippen LogP contribution in [0.1, 0.15) is 39.2 Å². The van der Waals surface area contributed by atoms with Crippen LogP contribution in [0.15, 0.2) is 24.3 Å². The van der Waals surface area contributed by atoms with Gasteiger partial charge in [0.05, 0.1) is 12.2 Å². The van der Waals surface area contributed by atoms with Crippen LogP contribution in [0, 0.1) is 0 Å². The molecule has 0 aliphatic heterocycles. The predicted octanol–water partition coefficient (Wildman–Crippen LogP) is 4.26. The second kappa shape index (κ2) is 8.44. The largest absolute Gasteiger partial charge is 0.460 e. The molecule has 1 rings (SSSR count). The van der Waals surface area contributed by atoms with Crippen molar-refractivity contribution in [2.75, 3.05) is 5.75 Å². The standard InChI is InChI=1S/C16H21ClO3S/c1-16(2,3)20-15(19)9-8-13(18)11-21-10-12-6-4-5-7-14(12)17/h4-7H,8-11H2,1-3H3. The highest BCUT2D eigenvalue weighted by Crippen LogP contribution is 2.21. The Morgan fingerprint density at radius 3 is 2.48 bits per heavy atom. The minimum Gasteiger partial charge on any atom is -0.460 e. The van der Waals surface area contributed by atoms with Gasteiger partial charge in [-0.05, 0) is 32.4 Å². The minimum absolute atomic E-state index is 0.0536. The molecule has 0 bridgehead atoms. The lowest BCUT2D eigenvalue weighted by molar-refractivity contribution is -0.155. The molecule has 5 heteroatoms. The fraction of sp³-hybridized carbons (Fsp3) is 0.500. The monoisotopic (exact) mass is 328 g/mol. The Morgan fingerprint density at radius 2 is 1.86 bits per heavy atom. The van der Waals surface area contributed by atoms with E-state index >= 15 is 0 Å². The molecule has 1 aromatic rings. The molecule has 0 spiro atoms. The zero-order valence-electron chi connectivity index (χ0n) is 12.6. The Balaban J connectivity index is 2.23. The molecule has 0 aliphatic carbocycles. The van der Waals surface area contributed by atoms with Crippen molar-refractivity contribution in [1.82, 2.24) is 0 Å². The lowest BCUT2D eigenvalue weighted by atomic mass is 10.2. The van der Waals surface area contributed by atoms with E-state index in [4.69, 9.17) is 16.3 Å². The van der Waals surface area contributed by atoms with E-state index in [-0.39, 0.29) is 24.6 Å². The van der Waals surface area contributed by atoms with E-state index in [0.717, 1.165) is 5.56 Å². The number of Topliss-reactive ketones (excluding diaryl/α,β-unsaturated/α-hetero) is 1. The molecule has 0 aliphatic rings. The highest BCUT2D eigenvalue weighted by atomic mass is 35.5. The molecule has 3 nitrogen and oxygen atoms in total. The topological polar surface area (TPSA) is 43.4 Å². The van der Waals surface area contributed by atoms with Crippen molar-refractivity contribution < 1.29 is 14.3 Å². The molecule has 0 saturated heterocycles. The van der Waals surface area contributed by atoms with Crippen LogP contribution < -0.4 is 0 Å². The first-order chi connectivity index (χ1) is 9.78. The maximum Gasteiger partial charge on any atom is 0.306 e. The fourth-order valence-corrected chi connectivity index (χ4v) is 2.82. The van der Waals surface area contributed by atoms with E-state index in [9.17, 15) is 9.59 Å². The highest BCUT2D eigenvalue weighted by Gasteiger charge is 2.17. The Morgan fingerprint density at radius 1 is 1.19 bits per heavy atom. The van der Waals surface area contributed by atoms with Gasteiger partial charge >= 0.3 is 5.97 Å². The van der Waals surface area contributed by atoms with Crippen molar-refractivity contribution in [2.24, 2.45) is 0 Å². The summed E-state index contributed by atoms with van der Waals surface area (Å²) < 4.78 is 5.16. The Kier molecular flexibility index (Phi) is 7.26. The van der Waals surface area contributed by atoms with E-state index in [1.165, 1.54) is 11.8 Å². The summed E-state index contributed by atoms with van der Waals surface area (Å²) in [4.78, 5) is 23.2. The number of carbonyl (C=O) groups is 2. The molecule has 0 heterocycles. The quantitative estimate of drug-likeness (QED) is 0.701. The van der Waals surface area contributed by atoms with Gasteiger partial charge in [-0.1, -0.05) is 29.8 Å². The number of ketones is 1. The van der Waals surface area contributed by atoms with Crippen LogP contribution in [-0.4, -0.2) is 23.1 Å². The van der Waals surface area contributed by atoms with E-state index < -0.39 is 5.60 Å². The molecule has 0 fully saturated rings. The number of ether oxygens (including phenoxy) is 1. The summed E-state index contributed by atoms with van der Waals surface area (Å²) in [6.07, 6.45) is 0.368. The SMILES string of the molecule is CC(C)(C)OC(=O)CCC(=O)CSCc1ccccc1Cl. The average Bonchev–Trinajstić information content (AvgIpc) is 2.37. The molecule has 116 valence electrons. The number of thioether (sulfide) groups is 1. The molecule has 0 aromatic heterocycles. The first-order valence-corrected chi connectivity index (χ1v) is 8.36. The molecule has 0 atom stereocenters. The van der Waals surface area contributed by atoms with Crippen molar-refractivity contribution in [2.45, 2.75) is 45.0 Å². The van der Waals surface area contributed by atoms with Gasteiger partial charge in [-0.3, -0.25) is 9.59 Å². The molecule has 21 heavy (non-hydrogen) atoms. The maximum atomic E-state index is 11.7. The molecule has 0 radical (unpaired) electrons. The third-order valence-electron chi connectivity index (χ3n) is 2.51. The number of halogens is 1. The Bertz CT molecular complexity index is 495. The maximum absolute atomic E-state index is 11.7. The lowest BCUT2D eigenvalue weighted by Crippen LogP contribution is -2.24. The van der Waals surface area contributed by atoms with Crippen molar-refractivity contribution in [3.63, 3.8) is 0 Å². The average molecular weight is 329 g/mol. The smallest absolute Gasteiger partial charge is 0.306 e. The summed E-state index contributed by atoms with van der Waals surface area (Å²) in [6, 6.07) is 7.58. The molecule has 0 saturated carbocycles. The molecule has 0 N–H and O–H groups in total. The third kappa shape index (κ3) is 8.12. The van der Waals surface area contributed by atoms with Gasteiger partial charge in [0.25, 0.3) is 0 Å². The van der Waals surface area contributed by atoms with E-state index in [2.05, 4.69) is 0 Å². The summed E-state index contributed by atoms with van der Waals surface area (Å²) in [6.45, 7) is 5.44. The van der Waals surface area contributed by atoms with Crippen LogP contribution in [0.5, 0.6) is 0 Å². The summed E-state index contributed by atoms with van der Waals surface area (Å²) in [7, 11) is 0. The van der Waals surface area contributed by atoms with Gasteiger partial charge in [0, 0.05) is 17.2 Å². The summed E-state index contributed by atoms with van der Waals surface area (Å²) >= 11 is 7.55. The van der Waals surface area contributed by atoms with Crippen LogP contribution in [0.4, 0.5) is 0 Å². The number of benzene rings is 1. The van der Waals surface area contributed by atoms with Gasteiger partial charge in [-0.2, -0.15) is 0 Å². The van der Waals surface area contributed by atoms with Crippen molar-refractivity contribution in [1.29, 1.82) is 0 Å². The second-order valence-corrected chi connectivity index (χ2v) is 7.10. The van der Waals surface area contributed by atoms with Gasteiger partial charge in [0.15, 0.2) is 0 Å². The van der Waals surface area contributed by atoms with Crippen molar-refractivity contribution >= 4 is 35.1 Å². The number of rotatable bonds is 7. The fourth-order valence-electron chi connectivity index (χ4n) is 1.60. The summed E-state index contributed by atoms with van der Waals surface area (Å²) in [5.41, 5.74) is 0.517. The number of esters is 1. The van der Waals surface area contributed by atoms with E-state index in [1.54, 1.807) is 0 Å². The first kappa shape index (κ1) is 18.1. The number of carbonyl (C=O) groups excluding carboxylic acids is 2. The van der Waals surface area contributed by atoms with Crippen LogP contribution in [0.25, 0.3) is 0 Å². The van der Waals surface area contributed by atoms with Crippen molar-refractivity contribution in [3.8, 4) is 0 Å². The van der Waals surface area contributed by atoms with Gasteiger partial charge in [0.1, 0.15) is 11.4 Å². The van der Waals surface area contributed by atoms with Gasteiger partial charge < -0.3 is 4.74 Å². The normalized spacial score (nSPS) is 11.2. The van der Waals surface area contributed by atoms with Gasteiger partial charge in [0.2, 0.25) is 0 Å². The van der Waals surface area contributed by atoms with Crippen LogP contribution >= 0.6 is 23.4 Å². The van der Waals surface area contributed by atoms with Crippen LogP contribution in [-0.2, 0) is 20.1 Å². The Hall–Kier alpha value is -1.00. The van der Waals surface area contributed by atoms with Crippen LogP contribution in [0.3, 0.4) is 0 Å². The van der Waals surface area contributed by atoms with E-state index in [0.29, 0.717) is 16.5 Å². The number of hydrogen-bond acceptors (Lipinski definition) is 4. The molecule has 1 aromatic carbocycles. The molecular weight excluding hydrogens is 308 g/mol.